The monoisotopic (exact) mass is 440 g/mol. The maximum Gasteiger partial charge on any atom is 0.191 e. The Morgan fingerprint density at radius 2 is 1.84 bits per heavy atom. The molecule has 2 N–H and O–H groups in total. The third-order valence-electron chi connectivity index (χ3n) is 6.97. The summed E-state index contributed by atoms with van der Waals surface area (Å²) in [5, 5.41) is 15.8. The summed E-state index contributed by atoms with van der Waals surface area (Å²) in [4.78, 5) is 4.46. The molecule has 1 fully saturated rings. The van der Waals surface area contributed by atoms with Crippen LogP contribution in [0.25, 0.3) is 0 Å². The topological polar surface area (TPSA) is 85.6 Å². The number of guanidine groups is 1. The highest BCUT2D eigenvalue weighted by Gasteiger charge is 2.35. The van der Waals surface area contributed by atoms with Crippen LogP contribution < -0.4 is 20.1 Å². The lowest BCUT2D eigenvalue weighted by Crippen LogP contribution is -2.46. The average molecular weight is 441 g/mol. The van der Waals surface area contributed by atoms with E-state index < -0.39 is 0 Å². The molecule has 0 amide bonds. The number of hydrogen-bond acceptors (Lipinski definition) is 5. The molecule has 1 saturated carbocycles. The fraction of sp³-hybridized carbons (Fsp3) is 0.625. The van der Waals surface area contributed by atoms with Crippen LogP contribution in [-0.4, -0.2) is 48.5 Å². The molecule has 1 aromatic heterocycles. The van der Waals surface area contributed by atoms with Gasteiger partial charge in [0.15, 0.2) is 23.3 Å². The Labute approximate surface area is 190 Å². The maximum absolute atomic E-state index is 5.59. The molecule has 0 radical (unpaired) electrons. The van der Waals surface area contributed by atoms with Crippen molar-refractivity contribution in [2.75, 3.05) is 27.8 Å². The van der Waals surface area contributed by atoms with Crippen molar-refractivity contribution in [1.82, 2.24) is 25.4 Å². The first kappa shape index (κ1) is 22.4. The van der Waals surface area contributed by atoms with Crippen molar-refractivity contribution >= 4 is 5.96 Å². The summed E-state index contributed by atoms with van der Waals surface area (Å²) in [5.41, 5.74) is 1.34. The molecule has 0 saturated heterocycles. The quantitative estimate of drug-likeness (QED) is 0.508. The highest BCUT2D eigenvalue weighted by molar-refractivity contribution is 5.79. The number of nitrogens with one attached hydrogen (secondary N) is 2. The molecule has 174 valence electrons. The Kier molecular flexibility index (Phi) is 7.17. The van der Waals surface area contributed by atoms with E-state index in [0.29, 0.717) is 6.54 Å². The molecule has 8 heteroatoms. The van der Waals surface area contributed by atoms with Gasteiger partial charge in [-0.1, -0.05) is 25.3 Å². The van der Waals surface area contributed by atoms with Crippen molar-refractivity contribution in [2.24, 2.45) is 4.99 Å². The van der Waals surface area contributed by atoms with Crippen LogP contribution in [0.1, 0.15) is 62.2 Å². The van der Waals surface area contributed by atoms with Crippen LogP contribution >= 0.6 is 0 Å². The standard InChI is InChI=1S/C24H36N6O2/c1-25-23(26-16-22-29-28-21-9-5-8-14-30(21)22)27-17-24(12-6-4-7-13-24)18-10-11-19(31-2)20(15-18)32-3/h10-11,15H,4-9,12-14,16-17H2,1-3H3,(H2,25,26,27). The van der Waals surface area contributed by atoms with Gasteiger partial charge in [0.1, 0.15) is 5.82 Å². The highest BCUT2D eigenvalue weighted by Crippen LogP contribution is 2.42. The van der Waals surface area contributed by atoms with E-state index in [4.69, 9.17) is 9.47 Å². The van der Waals surface area contributed by atoms with Gasteiger partial charge < -0.3 is 24.7 Å². The smallest absolute Gasteiger partial charge is 0.191 e. The molecule has 8 nitrogen and oxygen atoms in total. The number of benzene rings is 1. The summed E-state index contributed by atoms with van der Waals surface area (Å²) >= 11 is 0. The highest BCUT2D eigenvalue weighted by atomic mass is 16.5. The van der Waals surface area contributed by atoms with Gasteiger partial charge in [0.25, 0.3) is 0 Å². The number of hydrogen-bond donors (Lipinski definition) is 2. The lowest BCUT2D eigenvalue weighted by atomic mass is 9.69. The van der Waals surface area contributed by atoms with Gasteiger partial charge in [0, 0.05) is 32.0 Å². The van der Waals surface area contributed by atoms with Crippen molar-refractivity contribution < 1.29 is 9.47 Å². The van der Waals surface area contributed by atoms with E-state index >= 15 is 0 Å². The average Bonchev–Trinajstić information content (AvgIpc) is 3.27. The molecule has 2 heterocycles. The minimum Gasteiger partial charge on any atom is -0.493 e. The lowest BCUT2D eigenvalue weighted by Gasteiger charge is -2.38. The van der Waals surface area contributed by atoms with Gasteiger partial charge in [-0.2, -0.15) is 0 Å². The first-order valence-electron chi connectivity index (χ1n) is 11.8. The molecule has 2 aromatic rings. The van der Waals surface area contributed by atoms with Crippen LogP contribution in [0.5, 0.6) is 11.5 Å². The summed E-state index contributed by atoms with van der Waals surface area (Å²) in [7, 11) is 5.19. The second-order valence-corrected chi connectivity index (χ2v) is 8.83. The van der Waals surface area contributed by atoms with E-state index in [9.17, 15) is 0 Å². The third-order valence-corrected chi connectivity index (χ3v) is 6.97. The Hall–Kier alpha value is -2.77. The molecule has 0 atom stereocenters. The molecule has 1 aliphatic heterocycles. The Balaban J connectivity index is 1.45. The molecule has 2 aliphatic rings. The van der Waals surface area contributed by atoms with Crippen LogP contribution in [0, 0.1) is 0 Å². The molecule has 0 spiro atoms. The molecule has 1 aliphatic carbocycles. The number of aryl methyl sites for hydroxylation is 1. The Bertz CT molecular complexity index is 933. The van der Waals surface area contributed by atoms with Crippen molar-refractivity contribution in [3.8, 4) is 11.5 Å². The first-order valence-corrected chi connectivity index (χ1v) is 11.8. The van der Waals surface area contributed by atoms with Gasteiger partial charge in [0.2, 0.25) is 0 Å². The van der Waals surface area contributed by atoms with Gasteiger partial charge in [-0.05, 0) is 43.4 Å². The molecule has 1 aromatic carbocycles. The first-order chi connectivity index (χ1) is 15.7. The number of methoxy groups -OCH3 is 2. The van der Waals surface area contributed by atoms with Crippen LogP contribution in [0.4, 0.5) is 0 Å². The molecular weight excluding hydrogens is 404 g/mol. The normalized spacial score (nSPS) is 18.0. The summed E-state index contributed by atoms with van der Waals surface area (Å²) in [5.74, 6) is 4.43. The van der Waals surface area contributed by atoms with E-state index in [1.807, 2.05) is 13.1 Å². The number of ether oxygens (including phenoxy) is 2. The van der Waals surface area contributed by atoms with E-state index in [0.717, 1.165) is 61.5 Å². The van der Waals surface area contributed by atoms with Gasteiger partial charge >= 0.3 is 0 Å². The molecule has 4 rings (SSSR count). The lowest BCUT2D eigenvalue weighted by molar-refractivity contribution is 0.288. The number of fused-ring (bicyclic) bond motifs is 1. The fourth-order valence-electron chi connectivity index (χ4n) is 5.10. The van der Waals surface area contributed by atoms with Crippen LogP contribution in [0.2, 0.25) is 0 Å². The van der Waals surface area contributed by atoms with E-state index in [1.165, 1.54) is 37.7 Å². The number of rotatable bonds is 7. The zero-order chi connectivity index (χ0) is 22.4. The SMILES string of the molecule is CN=C(NCc1nnc2n1CCCC2)NCC1(c2ccc(OC)c(OC)c2)CCCCC1. The summed E-state index contributed by atoms with van der Waals surface area (Å²) in [6.45, 7) is 2.45. The Morgan fingerprint density at radius 3 is 2.59 bits per heavy atom. The molecule has 0 unspecified atom stereocenters. The minimum absolute atomic E-state index is 0.0451. The van der Waals surface area contributed by atoms with Crippen molar-refractivity contribution in [2.45, 2.75) is 69.9 Å². The van der Waals surface area contributed by atoms with Crippen LogP contribution in [0.15, 0.2) is 23.2 Å². The van der Waals surface area contributed by atoms with Crippen LogP contribution in [-0.2, 0) is 24.9 Å². The van der Waals surface area contributed by atoms with E-state index in [2.05, 4.69) is 42.5 Å². The van der Waals surface area contributed by atoms with Gasteiger partial charge in [0.05, 0.1) is 20.8 Å². The zero-order valence-corrected chi connectivity index (χ0v) is 19.6. The van der Waals surface area contributed by atoms with Gasteiger partial charge in [-0.15, -0.1) is 10.2 Å². The molecule has 0 bridgehead atoms. The Morgan fingerprint density at radius 1 is 1.03 bits per heavy atom. The number of aliphatic imine (C=N–C) groups is 1. The van der Waals surface area contributed by atoms with Gasteiger partial charge in [-0.3, -0.25) is 4.99 Å². The predicted octanol–water partition coefficient (Wildman–Crippen LogP) is 3.20. The van der Waals surface area contributed by atoms with Crippen molar-refractivity contribution in [3.63, 3.8) is 0 Å². The van der Waals surface area contributed by atoms with E-state index in [1.54, 1.807) is 14.2 Å². The van der Waals surface area contributed by atoms with Gasteiger partial charge in [-0.25, -0.2) is 0 Å². The zero-order valence-electron chi connectivity index (χ0n) is 19.6. The molecular formula is C24H36N6O2. The number of nitrogens with zero attached hydrogens (tertiary/aromatic N) is 4. The second kappa shape index (κ2) is 10.2. The molecule has 32 heavy (non-hydrogen) atoms. The predicted molar refractivity (Wildman–Crippen MR) is 125 cm³/mol. The second-order valence-electron chi connectivity index (χ2n) is 8.83. The van der Waals surface area contributed by atoms with Crippen molar-refractivity contribution in [1.29, 1.82) is 0 Å². The number of aromatic nitrogens is 3. The van der Waals surface area contributed by atoms with E-state index in [-0.39, 0.29) is 5.41 Å². The summed E-state index contributed by atoms with van der Waals surface area (Å²) < 4.78 is 13.3. The van der Waals surface area contributed by atoms with Crippen LogP contribution in [0.3, 0.4) is 0 Å². The summed E-state index contributed by atoms with van der Waals surface area (Å²) in [6, 6.07) is 6.35. The summed E-state index contributed by atoms with van der Waals surface area (Å²) in [6.07, 6.45) is 9.45. The largest absolute Gasteiger partial charge is 0.493 e. The fourth-order valence-corrected chi connectivity index (χ4v) is 5.10. The maximum atomic E-state index is 5.59. The third kappa shape index (κ3) is 4.69. The van der Waals surface area contributed by atoms with Crippen molar-refractivity contribution in [3.05, 3.63) is 35.4 Å². The minimum atomic E-state index is 0.0451.